The molecule has 0 fully saturated rings. The van der Waals surface area contributed by atoms with Crippen molar-refractivity contribution in [1.82, 2.24) is 9.34 Å². The Balaban J connectivity index is 0. The second-order valence-corrected chi connectivity index (χ2v) is 12.2. The third kappa shape index (κ3) is 10.8. The van der Waals surface area contributed by atoms with Crippen molar-refractivity contribution < 1.29 is 17.3 Å². The van der Waals surface area contributed by atoms with Crippen LogP contribution in [0.3, 0.4) is 0 Å². The molecule has 0 saturated heterocycles. The van der Waals surface area contributed by atoms with Crippen molar-refractivity contribution in [1.29, 1.82) is 0 Å². The van der Waals surface area contributed by atoms with E-state index in [0.717, 1.165) is 0 Å². The molecule has 0 N–H and O–H groups in total. The van der Waals surface area contributed by atoms with Gasteiger partial charge in [-0.3, -0.25) is 0 Å². The fourth-order valence-corrected chi connectivity index (χ4v) is 8.68. The zero-order chi connectivity index (χ0) is 19.9. The molecule has 0 aliphatic heterocycles. The average Bonchev–Trinajstić information content (AvgIpc) is 2.61. The minimum absolute atomic E-state index is 0.236. The molecule has 5 nitrogen and oxygen atoms in total. The van der Waals surface area contributed by atoms with Gasteiger partial charge in [-0.2, -0.15) is 8.42 Å². The van der Waals surface area contributed by atoms with Gasteiger partial charge in [0.15, 0.2) is 0 Å². The number of nitrogens with zero attached hydrogens (tertiary/aromatic N) is 2. The minimum atomic E-state index is -3.85. The predicted octanol–water partition coefficient (Wildman–Crippen LogP) is 4.70. The molecule has 0 aromatic carbocycles. The summed E-state index contributed by atoms with van der Waals surface area (Å²) in [6.45, 7) is 20.7. The molecule has 0 rings (SSSR count). The van der Waals surface area contributed by atoms with E-state index in [4.69, 9.17) is 0 Å². The summed E-state index contributed by atoms with van der Waals surface area (Å²) in [5, 5.41) is 0. The second kappa shape index (κ2) is 15.3. The van der Waals surface area contributed by atoms with Gasteiger partial charge in [0.25, 0.3) is 10.1 Å². The normalized spacial score (nSPS) is 13.0. The van der Waals surface area contributed by atoms with Gasteiger partial charge < -0.3 is 0 Å². The molecular weight excluding hydrogens is 362 g/mol. The SMILES string of the molecule is CCCCS(=O)(=O)OF.CCCC[PH](C)(N(CC)CC)N(CC)CC. The van der Waals surface area contributed by atoms with Crippen LogP contribution in [0.15, 0.2) is 0 Å². The quantitative estimate of drug-likeness (QED) is 0.417. The van der Waals surface area contributed by atoms with Gasteiger partial charge >= 0.3 is 103 Å². The van der Waals surface area contributed by atoms with Crippen molar-refractivity contribution in [2.75, 3.05) is 44.8 Å². The molecule has 0 atom stereocenters. The van der Waals surface area contributed by atoms with Crippen LogP contribution in [0.5, 0.6) is 0 Å². The van der Waals surface area contributed by atoms with Crippen LogP contribution in [0.25, 0.3) is 0 Å². The van der Waals surface area contributed by atoms with Gasteiger partial charge in [0.2, 0.25) is 0 Å². The van der Waals surface area contributed by atoms with Crippen molar-refractivity contribution in [3.8, 4) is 0 Å². The van der Waals surface area contributed by atoms with Crippen molar-refractivity contribution in [3.63, 3.8) is 0 Å². The third-order valence-corrected chi connectivity index (χ3v) is 11.0. The van der Waals surface area contributed by atoms with Gasteiger partial charge in [0.05, 0.1) is 5.75 Å². The van der Waals surface area contributed by atoms with E-state index in [1.807, 2.05) is 6.92 Å². The van der Waals surface area contributed by atoms with Gasteiger partial charge in [0, 0.05) is 0 Å². The molecule has 0 radical (unpaired) electrons. The van der Waals surface area contributed by atoms with Gasteiger partial charge in [0.1, 0.15) is 0 Å². The van der Waals surface area contributed by atoms with E-state index >= 15 is 0 Å². The van der Waals surface area contributed by atoms with Crippen LogP contribution in [0, 0.1) is 0 Å². The van der Waals surface area contributed by atoms with Gasteiger partial charge in [-0.1, -0.05) is 17.7 Å². The summed E-state index contributed by atoms with van der Waals surface area (Å²) in [4.78, 5) is 0. The first kappa shape index (κ1) is 27.4. The van der Waals surface area contributed by atoms with Crippen LogP contribution in [0.1, 0.15) is 67.2 Å². The summed E-state index contributed by atoms with van der Waals surface area (Å²) < 4.78 is 39.5. The number of hydrogen-bond donors (Lipinski definition) is 0. The van der Waals surface area contributed by atoms with E-state index in [9.17, 15) is 12.9 Å². The van der Waals surface area contributed by atoms with Crippen molar-refractivity contribution in [3.05, 3.63) is 0 Å². The van der Waals surface area contributed by atoms with Crippen LogP contribution in [-0.4, -0.2) is 62.5 Å². The fraction of sp³-hybridized carbons (Fsp3) is 1.00. The Morgan fingerprint density at radius 1 is 0.840 bits per heavy atom. The van der Waals surface area contributed by atoms with Gasteiger partial charge in [-0.15, -0.1) is 0 Å². The first-order valence-corrected chi connectivity index (χ1v) is 13.9. The maximum atomic E-state index is 11.0. The van der Waals surface area contributed by atoms with Crippen LogP contribution >= 0.6 is 7.56 Å². The summed E-state index contributed by atoms with van der Waals surface area (Å²) >= 11 is 0. The molecule has 0 unspecified atom stereocenters. The van der Waals surface area contributed by atoms with Crippen molar-refractivity contribution in [2.24, 2.45) is 0 Å². The molecule has 0 heterocycles. The van der Waals surface area contributed by atoms with Crippen molar-refractivity contribution in [2.45, 2.75) is 67.2 Å². The molecule has 0 aromatic rings. The van der Waals surface area contributed by atoms with Crippen LogP contribution in [0.4, 0.5) is 4.53 Å². The second-order valence-electron chi connectivity index (χ2n) is 6.34. The summed E-state index contributed by atoms with van der Waals surface area (Å²) in [5.74, 6) is -0.236. The zero-order valence-electron chi connectivity index (χ0n) is 17.5. The van der Waals surface area contributed by atoms with Gasteiger partial charge in [-0.25, -0.2) is 0 Å². The van der Waals surface area contributed by atoms with E-state index in [0.29, 0.717) is 12.8 Å². The Morgan fingerprint density at radius 3 is 1.52 bits per heavy atom. The molecule has 0 amide bonds. The molecule has 156 valence electrons. The summed E-state index contributed by atoms with van der Waals surface area (Å²) in [7, 11) is -5.21. The zero-order valence-corrected chi connectivity index (χ0v) is 19.3. The summed E-state index contributed by atoms with van der Waals surface area (Å²) in [5.41, 5.74) is 0. The first-order valence-electron chi connectivity index (χ1n) is 9.75. The Hall–Kier alpha value is 0.190. The molecular formula is C17H42FN2O3PS. The van der Waals surface area contributed by atoms with E-state index < -0.39 is 17.7 Å². The number of hydrogen-bond acceptors (Lipinski definition) is 5. The number of unbranched alkanes of at least 4 members (excludes halogenated alkanes) is 2. The van der Waals surface area contributed by atoms with Gasteiger partial charge in [-0.05, 0) is 10.9 Å². The molecule has 8 heteroatoms. The summed E-state index contributed by atoms with van der Waals surface area (Å²) in [6, 6.07) is 0. The molecule has 0 saturated carbocycles. The Morgan fingerprint density at radius 2 is 1.24 bits per heavy atom. The molecule has 0 bridgehead atoms. The Labute approximate surface area is 156 Å². The van der Waals surface area contributed by atoms with Crippen molar-refractivity contribution >= 4 is 17.7 Å². The van der Waals surface area contributed by atoms with Crippen LogP contribution in [-0.2, 0) is 14.5 Å². The van der Waals surface area contributed by atoms with E-state index in [2.05, 4.69) is 55.0 Å². The molecule has 0 aliphatic carbocycles. The van der Waals surface area contributed by atoms with E-state index in [-0.39, 0.29) is 5.75 Å². The molecule has 0 aromatic heterocycles. The Bertz CT molecular complexity index is 391. The maximum absolute atomic E-state index is 11.0. The molecule has 25 heavy (non-hydrogen) atoms. The van der Waals surface area contributed by atoms with E-state index in [1.54, 1.807) is 0 Å². The monoisotopic (exact) mass is 404 g/mol. The Kier molecular flexibility index (Phi) is 16.7. The standard InChI is InChI=1S/C13H33N2P.C4H9FO3S/c1-7-12-13-16(6,14(8-2)9-3)15(10-4)11-5;1-2-3-4-9(6,7)8-5/h16H,7-13H2,1-6H3;2-4H2,1H3. The van der Waals surface area contributed by atoms with Crippen LogP contribution in [0.2, 0.25) is 0 Å². The average molecular weight is 405 g/mol. The topological polar surface area (TPSA) is 49.9 Å². The first-order chi connectivity index (χ1) is 11.7. The summed E-state index contributed by atoms with van der Waals surface area (Å²) in [6.07, 6.45) is 5.28. The predicted molar refractivity (Wildman–Crippen MR) is 111 cm³/mol. The third-order valence-electron chi connectivity index (χ3n) is 4.74. The molecule has 0 spiro atoms. The van der Waals surface area contributed by atoms with Crippen LogP contribution < -0.4 is 0 Å². The number of rotatable bonds is 13. The number of halogens is 1. The molecule has 0 aliphatic rings. The van der Waals surface area contributed by atoms with E-state index in [1.165, 1.54) is 45.2 Å². The fourth-order valence-electron chi connectivity index (χ4n) is 3.19.